The van der Waals surface area contributed by atoms with Gasteiger partial charge < -0.3 is 35.5 Å². The molecule has 3 rings (SSSR count). The number of β-amino-alcohol motifs (C(OH)–C–C–N with tert-alkyl or cyclic N) is 1. The zero-order valence-electron chi connectivity index (χ0n) is 21.1. The smallest absolute Gasteiger partial charge is 0.407 e. The van der Waals surface area contributed by atoms with Crippen LogP contribution < -0.4 is 5.32 Å². The van der Waals surface area contributed by atoms with Gasteiger partial charge in [-0.25, -0.2) is 4.79 Å². The molecule has 5 N–H and O–H groups in total. The second-order valence-electron chi connectivity index (χ2n) is 10.1. The minimum absolute atomic E-state index is 0.00878. The number of hydrogen-bond donors (Lipinski definition) is 5. The lowest BCUT2D eigenvalue weighted by Crippen LogP contribution is -2.56. The fourth-order valence-corrected chi connectivity index (χ4v) is 4.69. The molecular weight excluding hydrogens is 462 g/mol. The standard InChI is InChI=1S/C27H37N3O6/c1-4-21-17-29(8-9-30(21)26(35)36)25(34)11-18-6-5-7-19(10-18)15-27(2,3)28-16-24(33)20-12-22(31)14-23(32)13-20/h5-7,10,12-14,21,24,28,31-33H,4,8-9,11,15-17H2,1-3H3,(H,35,36). The predicted molar refractivity (Wildman–Crippen MR) is 136 cm³/mol. The van der Waals surface area contributed by atoms with Crippen molar-refractivity contribution >= 4 is 12.0 Å². The number of piperazine rings is 1. The zero-order valence-corrected chi connectivity index (χ0v) is 21.1. The average molecular weight is 500 g/mol. The number of benzene rings is 2. The molecule has 0 aromatic heterocycles. The number of carbonyl (C=O) groups is 2. The van der Waals surface area contributed by atoms with Crippen LogP contribution in [-0.2, 0) is 17.6 Å². The Balaban J connectivity index is 1.57. The Kier molecular flexibility index (Phi) is 8.81. The van der Waals surface area contributed by atoms with Crippen molar-refractivity contribution in [3.63, 3.8) is 0 Å². The van der Waals surface area contributed by atoms with E-state index in [1.54, 1.807) is 4.90 Å². The summed E-state index contributed by atoms with van der Waals surface area (Å²) in [5, 5.41) is 42.5. The Morgan fingerprint density at radius 1 is 1.08 bits per heavy atom. The van der Waals surface area contributed by atoms with Crippen molar-refractivity contribution in [2.45, 2.75) is 57.7 Å². The second-order valence-corrected chi connectivity index (χ2v) is 10.1. The lowest BCUT2D eigenvalue weighted by molar-refractivity contribution is -0.133. The molecule has 1 heterocycles. The molecule has 1 aliphatic rings. The Labute approximate surface area is 212 Å². The number of amides is 2. The van der Waals surface area contributed by atoms with E-state index in [1.807, 2.05) is 45.0 Å². The van der Waals surface area contributed by atoms with Crippen LogP contribution in [0.1, 0.15) is 50.0 Å². The normalized spacial score (nSPS) is 17.2. The van der Waals surface area contributed by atoms with Crippen LogP contribution in [-0.4, -0.2) is 80.0 Å². The Morgan fingerprint density at radius 2 is 1.75 bits per heavy atom. The summed E-state index contributed by atoms with van der Waals surface area (Å²) in [5.41, 5.74) is 2.00. The van der Waals surface area contributed by atoms with Crippen molar-refractivity contribution in [2.75, 3.05) is 26.2 Å². The number of rotatable bonds is 9. The van der Waals surface area contributed by atoms with E-state index in [1.165, 1.54) is 23.1 Å². The van der Waals surface area contributed by atoms with Crippen LogP contribution in [0.4, 0.5) is 4.79 Å². The highest BCUT2D eigenvalue weighted by Crippen LogP contribution is 2.25. The van der Waals surface area contributed by atoms with Crippen LogP contribution >= 0.6 is 0 Å². The maximum atomic E-state index is 12.9. The summed E-state index contributed by atoms with van der Waals surface area (Å²) in [7, 11) is 0. The molecule has 196 valence electrons. The first-order valence-electron chi connectivity index (χ1n) is 12.3. The number of hydrogen-bond acceptors (Lipinski definition) is 6. The maximum absolute atomic E-state index is 12.9. The molecule has 0 saturated carbocycles. The van der Waals surface area contributed by atoms with Gasteiger partial charge >= 0.3 is 6.09 Å². The van der Waals surface area contributed by atoms with E-state index >= 15 is 0 Å². The van der Waals surface area contributed by atoms with E-state index in [-0.39, 0.29) is 42.0 Å². The molecule has 1 aliphatic heterocycles. The highest BCUT2D eigenvalue weighted by molar-refractivity contribution is 5.79. The van der Waals surface area contributed by atoms with Crippen LogP contribution in [0.3, 0.4) is 0 Å². The van der Waals surface area contributed by atoms with E-state index in [2.05, 4.69) is 5.32 Å². The third-order valence-corrected chi connectivity index (χ3v) is 6.63. The topological polar surface area (TPSA) is 134 Å². The molecule has 9 nitrogen and oxygen atoms in total. The summed E-state index contributed by atoms with van der Waals surface area (Å²) in [6.45, 7) is 7.34. The Morgan fingerprint density at radius 3 is 2.39 bits per heavy atom. The van der Waals surface area contributed by atoms with Gasteiger partial charge in [0.05, 0.1) is 18.6 Å². The molecular formula is C27H37N3O6. The molecule has 2 aromatic carbocycles. The van der Waals surface area contributed by atoms with Crippen molar-refractivity contribution in [3.8, 4) is 11.5 Å². The summed E-state index contributed by atoms with van der Waals surface area (Å²) in [6.07, 6.45) is -0.271. The quantitative estimate of drug-likeness (QED) is 0.358. The zero-order chi connectivity index (χ0) is 26.5. The van der Waals surface area contributed by atoms with Crippen LogP contribution in [0.2, 0.25) is 0 Å². The molecule has 1 saturated heterocycles. The number of aliphatic hydroxyl groups excluding tert-OH is 1. The van der Waals surface area contributed by atoms with Crippen LogP contribution in [0.5, 0.6) is 11.5 Å². The number of nitrogens with one attached hydrogen (secondary N) is 1. The lowest BCUT2D eigenvalue weighted by Gasteiger charge is -2.39. The number of aromatic hydroxyl groups is 2. The maximum Gasteiger partial charge on any atom is 0.407 e. The van der Waals surface area contributed by atoms with Gasteiger partial charge in [0.15, 0.2) is 0 Å². The van der Waals surface area contributed by atoms with Gasteiger partial charge in [0.2, 0.25) is 5.91 Å². The molecule has 36 heavy (non-hydrogen) atoms. The van der Waals surface area contributed by atoms with Gasteiger partial charge in [-0.1, -0.05) is 31.2 Å². The number of phenolic OH excluding ortho intramolecular Hbond substituents is 2. The van der Waals surface area contributed by atoms with Crippen LogP contribution in [0.25, 0.3) is 0 Å². The molecule has 9 heteroatoms. The van der Waals surface area contributed by atoms with Crippen molar-refractivity contribution in [1.29, 1.82) is 0 Å². The van der Waals surface area contributed by atoms with Gasteiger partial charge in [-0.2, -0.15) is 0 Å². The van der Waals surface area contributed by atoms with Crippen molar-refractivity contribution in [2.24, 2.45) is 0 Å². The minimum atomic E-state index is -0.939. The lowest BCUT2D eigenvalue weighted by atomic mass is 9.93. The Bertz CT molecular complexity index is 1050. The van der Waals surface area contributed by atoms with Crippen LogP contribution in [0, 0.1) is 0 Å². The van der Waals surface area contributed by atoms with Crippen molar-refractivity contribution in [1.82, 2.24) is 15.1 Å². The van der Waals surface area contributed by atoms with Crippen molar-refractivity contribution < 1.29 is 30.0 Å². The monoisotopic (exact) mass is 499 g/mol. The van der Waals surface area contributed by atoms with E-state index in [4.69, 9.17) is 0 Å². The summed E-state index contributed by atoms with van der Waals surface area (Å²) < 4.78 is 0. The molecule has 0 aliphatic carbocycles. The van der Waals surface area contributed by atoms with E-state index < -0.39 is 12.2 Å². The molecule has 0 bridgehead atoms. The molecule has 0 radical (unpaired) electrons. The van der Waals surface area contributed by atoms with Gasteiger partial charge in [-0.3, -0.25) is 4.79 Å². The molecule has 0 spiro atoms. The fourth-order valence-electron chi connectivity index (χ4n) is 4.69. The van der Waals surface area contributed by atoms with Gasteiger partial charge in [0.1, 0.15) is 11.5 Å². The molecule has 2 atom stereocenters. The second kappa shape index (κ2) is 11.6. The number of phenols is 2. The first-order valence-corrected chi connectivity index (χ1v) is 12.3. The molecule has 2 amide bonds. The van der Waals surface area contributed by atoms with E-state index in [0.29, 0.717) is 38.0 Å². The minimum Gasteiger partial charge on any atom is -0.508 e. The fraction of sp³-hybridized carbons (Fsp3) is 0.481. The summed E-state index contributed by atoms with van der Waals surface area (Å²) in [4.78, 5) is 27.5. The summed E-state index contributed by atoms with van der Waals surface area (Å²) in [5.74, 6) is -0.224. The van der Waals surface area contributed by atoms with Gasteiger partial charge in [-0.15, -0.1) is 0 Å². The van der Waals surface area contributed by atoms with Gasteiger partial charge in [0, 0.05) is 37.8 Å². The van der Waals surface area contributed by atoms with Crippen molar-refractivity contribution in [3.05, 3.63) is 59.2 Å². The third-order valence-electron chi connectivity index (χ3n) is 6.63. The van der Waals surface area contributed by atoms with Gasteiger partial charge in [0.25, 0.3) is 0 Å². The largest absolute Gasteiger partial charge is 0.508 e. The first-order chi connectivity index (χ1) is 17.0. The number of aliphatic hydroxyl groups is 1. The first kappa shape index (κ1) is 27.3. The molecule has 1 fully saturated rings. The highest BCUT2D eigenvalue weighted by Gasteiger charge is 2.31. The van der Waals surface area contributed by atoms with E-state index in [9.17, 15) is 30.0 Å². The average Bonchev–Trinajstić information content (AvgIpc) is 2.81. The number of carbonyl (C=O) groups excluding carboxylic acids is 1. The van der Waals surface area contributed by atoms with Gasteiger partial charge in [-0.05, 0) is 55.5 Å². The predicted octanol–water partition coefficient (Wildman–Crippen LogP) is 2.89. The Hall–Kier alpha value is -3.30. The molecule has 2 aromatic rings. The third kappa shape index (κ3) is 7.35. The number of carboxylic acid groups (broad SMARTS) is 1. The SMILES string of the molecule is CCC1CN(C(=O)Cc2cccc(CC(C)(C)NCC(O)c3cc(O)cc(O)c3)c2)CCN1C(=O)O. The van der Waals surface area contributed by atoms with Crippen LogP contribution in [0.15, 0.2) is 42.5 Å². The highest BCUT2D eigenvalue weighted by atomic mass is 16.4. The molecule has 2 unspecified atom stereocenters. The summed E-state index contributed by atoms with van der Waals surface area (Å²) in [6, 6.07) is 11.7. The number of nitrogens with zero attached hydrogens (tertiary/aromatic N) is 2. The summed E-state index contributed by atoms with van der Waals surface area (Å²) >= 11 is 0. The van der Waals surface area contributed by atoms with E-state index in [0.717, 1.165) is 11.1 Å².